The molecule has 0 bridgehead atoms. The smallest absolute Gasteiger partial charge is 0.269 e. The highest BCUT2D eigenvalue weighted by atomic mass is 32.2. The SMILES string of the molecule is NC(=O)c1cccc(NC2=NS(=O)N=C2Nc2ccccc2)c1O. The summed E-state index contributed by atoms with van der Waals surface area (Å²) in [6.45, 7) is 0. The van der Waals surface area contributed by atoms with E-state index in [0.29, 0.717) is 0 Å². The number of para-hydroxylation sites is 2. The Morgan fingerprint density at radius 1 is 1.00 bits per heavy atom. The Bertz CT molecular complexity index is 880. The molecule has 9 heteroatoms. The molecule has 0 aliphatic carbocycles. The van der Waals surface area contributed by atoms with Crippen molar-refractivity contribution < 1.29 is 14.1 Å². The van der Waals surface area contributed by atoms with Crippen LogP contribution >= 0.6 is 0 Å². The van der Waals surface area contributed by atoms with E-state index in [4.69, 9.17) is 5.73 Å². The summed E-state index contributed by atoms with van der Waals surface area (Å²) >= 11 is -1.77. The maximum Gasteiger partial charge on any atom is 0.269 e. The summed E-state index contributed by atoms with van der Waals surface area (Å²) in [4.78, 5) is 11.3. The molecule has 1 amide bonds. The maximum absolute atomic E-state index is 11.6. The minimum atomic E-state index is -1.77. The van der Waals surface area contributed by atoms with Crippen molar-refractivity contribution in [2.75, 3.05) is 10.6 Å². The normalized spacial score (nSPS) is 16.2. The van der Waals surface area contributed by atoms with Crippen molar-refractivity contribution in [3.8, 4) is 5.75 Å². The first-order chi connectivity index (χ1) is 11.5. The van der Waals surface area contributed by atoms with Crippen molar-refractivity contribution in [1.82, 2.24) is 0 Å². The van der Waals surface area contributed by atoms with Crippen LogP contribution in [0.4, 0.5) is 11.4 Å². The molecule has 8 nitrogen and oxygen atoms in total. The first kappa shape index (κ1) is 15.7. The van der Waals surface area contributed by atoms with Crippen molar-refractivity contribution in [3.05, 3.63) is 54.1 Å². The summed E-state index contributed by atoms with van der Waals surface area (Å²) in [6, 6.07) is 13.6. The molecule has 1 unspecified atom stereocenters. The number of primary amides is 1. The van der Waals surface area contributed by atoms with Crippen molar-refractivity contribution in [3.63, 3.8) is 0 Å². The van der Waals surface area contributed by atoms with Crippen molar-refractivity contribution in [2.45, 2.75) is 0 Å². The van der Waals surface area contributed by atoms with Gasteiger partial charge in [0, 0.05) is 5.69 Å². The molecule has 3 rings (SSSR count). The highest BCUT2D eigenvalue weighted by molar-refractivity contribution is 7.83. The zero-order valence-electron chi connectivity index (χ0n) is 12.3. The number of nitrogens with one attached hydrogen (secondary N) is 2. The van der Waals surface area contributed by atoms with E-state index < -0.39 is 17.1 Å². The van der Waals surface area contributed by atoms with Gasteiger partial charge in [-0.1, -0.05) is 24.3 Å². The van der Waals surface area contributed by atoms with E-state index in [-0.39, 0.29) is 28.7 Å². The molecule has 24 heavy (non-hydrogen) atoms. The number of nitrogens with zero attached hydrogens (tertiary/aromatic N) is 2. The monoisotopic (exact) mass is 343 g/mol. The van der Waals surface area contributed by atoms with Gasteiger partial charge in [-0.15, -0.1) is 8.80 Å². The van der Waals surface area contributed by atoms with E-state index in [1.54, 1.807) is 6.07 Å². The Balaban J connectivity index is 1.86. The van der Waals surface area contributed by atoms with E-state index >= 15 is 0 Å². The first-order valence-corrected chi connectivity index (χ1v) is 7.91. The lowest BCUT2D eigenvalue weighted by atomic mass is 10.1. The van der Waals surface area contributed by atoms with E-state index in [2.05, 4.69) is 19.4 Å². The summed E-state index contributed by atoms with van der Waals surface area (Å²) in [6.07, 6.45) is 0. The second-order valence-corrected chi connectivity index (χ2v) is 5.62. The van der Waals surface area contributed by atoms with E-state index in [9.17, 15) is 14.1 Å². The number of amides is 1. The third-order valence-corrected chi connectivity index (χ3v) is 3.83. The Labute approximate surface area is 139 Å². The number of amidine groups is 2. The van der Waals surface area contributed by atoms with Crippen LogP contribution in [0.1, 0.15) is 10.4 Å². The number of anilines is 2. The molecule has 2 aromatic rings. The molecule has 5 N–H and O–H groups in total. The van der Waals surface area contributed by atoms with Gasteiger partial charge in [0.1, 0.15) is 0 Å². The fourth-order valence-corrected chi connectivity index (χ4v) is 2.67. The third-order valence-electron chi connectivity index (χ3n) is 3.15. The molecule has 1 heterocycles. The highest BCUT2D eigenvalue weighted by Crippen LogP contribution is 2.27. The fourth-order valence-electron chi connectivity index (χ4n) is 2.06. The summed E-state index contributed by atoms with van der Waals surface area (Å²) in [5.74, 6) is -0.647. The molecule has 2 aromatic carbocycles. The van der Waals surface area contributed by atoms with Gasteiger partial charge < -0.3 is 21.5 Å². The van der Waals surface area contributed by atoms with Crippen LogP contribution in [0.3, 0.4) is 0 Å². The van der Waals surface area contributed by atoms with Gasteiger partial charge in [0.25, 0.3) is 17.1 Å². The van der Waals surface area contributed by atoms with Crippen LogP contribution < -0.4 is 16.4 Å². The van der Waals surface area contributed by atoms with Crippen molar-refractivity contribution in [1.29, 1.82) is 0 Å². The second-order valence-electron chi connectivity index (χ2n) is 4.79. The fraction of sp³-hybridized carbons (Fsp3) is 0. The van der Waals surface area contributed by atoms with Gasteiger partial charge in [0.05, 0.1) is 11.3 Å². The molecule has 0 radical (unpaired) electrons. The van der Waals surface area contributed by atoms with Crippen LogP contribution in [-0.2, 0) is 11.2 Å². The average molecular weight is 343 g/mol. The maximum atomic E-state index is 11.6. The molecule has 0 fully saturated rings. The van der Waals surface area contributed by atoms with Crippen molar-refractivity contribution in [2.24, 2.45) is 14.5 Å². The minimum absolute atomic E-state index is 0.0331. The molecule has 0 spiro atoms. The van der Waals surface area contributed by atoms with Gasteiger partial charge in [-0.05, 0) is 24.3 Å². The molecular weight excluding hydrogens is 330 g/mol. The summed E-state index contributed by atoms with van der Waals surface area (Å²) in [5, 5.41) is 15.9. The third kappa shape index (κ3) is 3.25. The van der Waals surface area contributed by atoms with Crippen LogP contribution in [0, 0.1) is 0 Å². The zero-order valence-corrected chi connectivity index (χ0v) is 13.1. The number of rotatable bonds is 3. The summed E-state index contributed by atoms with van der Waals surface area (Å²) < 4.78 is 19.4. The number of phenols is 1. The quantitative estimate of drug-likeness (QED) is 0.626. The molecule has 0 saturated heterocycles. The largest absolute Gasteiger partial charge is 0.505 e. The van der Waals surface area contributed by atoms with Gasteiger partial charge in [-0.25, -0.2) is 4.21 Å². The lowest BCUT2D eigenvalue weighted by Gasteiger charge is -2.12. The van der Waals surface area contributed by atoms with E-state index in [0.717, 1.165) is 5.69 Å². The second kappa shape index (κ2) is 6.50. The predicted octanol–water partition coefficient (Wildman–Crippen LogP) is 1.40. The number of carbonyl (C=O) groups is 1. The van der Waals surface area contributed by atoms with Crippen LogP contribution in [-0.4, -0.2) is 26.9 Å². The van der Waals surface area contributed by atoms with Gasteiger partial charge in [0.15, 0.2) is 17.4 Å². The molecule has 1 aliphatic heterocycles. The van der Waals surface area contributed by atoms with Gasteiger partial charge in [0.2, 0.25) is 0 Å². The Hall–Kier alpha value is -3.20. The number of benzene rings is 2. The Morgan fingerprint density at radius 2 is 1.67 bits per heavy atom. The highest BCUT2D eigenvalue weighted by Gasteiger charge is 2.21. The van der Waals surface area contributed by atoms with Gasteiger partial charge >= 0.3 is 0 Å². The number of nitrogens with two attached hydrogens (primary N) is 1. The molecule has 122 valence electrons. The van der Waals surface area contributed by atoms with Gasteiger partial charge in [-0.3, -0.25) is 4.79 Å². The van der Waals surface area contributed by atoms with Crippen molar-refractivity contribution >= 4 is 40.1 Å². The number of hydrogen-bond acceptors (Lipinski definition) is 5. The Morgan fingerprint density at radius 3 is 2.33 bits per heavy atom. The van der Waals surface area contributed by atoms with Crippen LogP contribution in [0.25, 0.3) is 0 Å². The van der Waals surface area contributed by atoms with Crippen LogP contribution in [0.15, 0.2) is 57.3 Å². The summed E-state index contributed by atoms with van der Waals surface area (Å²) in [5.41, 5.74) is 6.10. The lowest BCUT2D eigenvalue weighted by Crippen LogP contribution is -2.27. The molecule has 0 saturated carbocycles. The standard InChI is InChI=1S/C15H13N5O3S/c16-13(22)10-7-4-8-11(12(10)21)18-15-14(19-24(23)20-15)17-9-5-2-1-3-6-9/h1-8,21H,(H2,16,22)(H,17,19)(H,18,20). The molecule has 0 aromatic heterocycles. The van der Waals surface area contributed by atoms with Crippen LogP contribution in [0.2, 0.25) is 0 Å². The van der Waals surface area contributed by atoms with E-state index in [1.807, 2.05) is 30.3 Å². The zero-order chi connectivity index (χ0) is 17.1. The van der Waals surface area contributed by atoms with Gasteiger partial charge in [-0.2, -0.15) is 0 Å². The van der Waals surface area contributed by atoms with Crippen LogP contribution in [0.5, 0.6) is 5.75 Å². The minimum Gasteiger partial charge on any atom is -0.505 e. The predicted molar refractivity (Wildman–Crippen MR) is 93.3 cm³/mol. The molecule has 1 atom stereocenters. The number of carbonyl (C=O) groups excluding carboxylic acids is 1. The lowest BCUT2D eigenvalue weighted by molar-refractivity contribution is 0.0998. The molecular formula is C15H13N5O3S. The first-order valence-electron chi connectivity index (χ1n) is 6.85. The average Bonchev–Trinajstić information content (AvgIpc) is 2.89. The topological polar surface area (TPSA) is 129 Å². The number of aromatic hydroxyl groups is 1. The number of hydrogen-bond donors (Lipinski definition) is 4. The molecule has 1 aliphatic rings. The summed E-state index contributed by atoms with van der Waals surface area (Å²) in [7, 11) is 0. The Kier molecular flexibility index (Phi) is 4.25. The van der Waals surface area contributed by atoms with E-state index in [1.165, 1.54) is 12.1 Å².